The molecule has 3 fully saturated rings. The Morgan fingerprint density at radius 2 is 1.83 bits per heavy atom. The van der Waals surface area contributed by atoms with Gasteiger partial charge in [0.05, 0.1) is 6.42 Å². The monoisotopic (exact) mass is 306 g/mol. The van der Waals surface area contributed by atoms with Gasteiger partial charge in [0, 0.05) is 29.2 Å². The highest BCUT2D eigenvalue weighted by Crippen LogP contribution is 2.44. The third kappa shape index (κ3) is 2.21. The Labute approximate surface area is 136 Å². The summed E-state index contributed by atoms with van der Waals surface area (Å²) in [4.78, 5) is 18.5. The van der Waals surface area contributed by atoms with Gasteiger partial charge in [-0.1, -0.05) is 29.3 Å². The van der Waals surface area contributed by atoms with Crippen molar-refractivity contribution in [3.8, 4) is 0 Å². The van der Waals surface area contributed by atoms with E-state index in [9.17, 15) is 4.79 Å². The number of nitrogens with one attached hydrogen (secondary N) is 1. The predicted molar refractivity (Wildman–Crippen MR) is 91.2 cm³/mol. The highest BCUT2D eigenvalue weighted by Gasteiger charge is 2.42. The fraction of sp³-hybridized carbons (Fsp3) is 0.450. The summed E-state index contributed by atoms with van der Waals surface area (Å²) >= 11 is 0. The number of para-hydroxylation sites is 1. The standard InChI is InChI=1S/C20H22N2O/c23-20(11-15-12-21-19-4-2-1-3-18(15)19)22-16-7-8-17(22)10-14(9-16)13-5-6-13/h1-4,12,16-17,21H,5-11H2. The predicted octanol–water partition coefficient (Wildman–Crippen LogP) is 3.95. The number of fused-ring (bicyclic) bond motifs is 3. The van der Waals surface area contributed by atoms with Gasteiger partial charge in [-0.2, -0.15) is 0 Å². The van der Waals surface area contributed by atoms with Crippen LogP contribution in [0.1, 0.15) is 44.1 Å². The molecule has 3 heteroatoms. The Morgan fingerprint density at radius 3 is 2.57 bits per heavy atom. The van der Waals surface area contributed by atoms with Crippen molar-refractivity contribution in [2.45, 2.75) is 57.0 Å². The van der Waals surface area contributed by atoms with Crippen LogP contribution in [0.25, 0.3) is 10.9 Å². The molecule has 2 bridgehead atoms. The fourth-order valence-corrected chi connectivity index (χ4v) is 4.66. The number of hydrogen-bond donors (Lipinski definition) is 1. The van der Waals surface area contributed by atoms with Gasteiger partial charge in [-0.25, -0.2) is 0 Å². The molecule has 1 saturated carbocycles. The van der Waals surface area contributed by atoms with Crippen molar-refractivity contribution in [1.82, 2.24) is 9.88 Å². The van der Waals surface area contributed by atoms with E-state index in [0.29, 0.717) is 24.4 Å². The Bertz CT molecular complexity index is 794. The number of allylic oxidation sites excluding steroid dienone is 1. The smallest absolute Gasteiger partial charge is 0.227 e. The van der Waals surface area contributed by atoms with Crippen LogP contribution in [-0.4, -0.2) is 27.9 Å². The maximum absolute atomic E-state index is 13.0. The quantitative estimate of drug-likeness (QED) is 0.838. The lowest BCUT2D eigenvalue weighted by Gasteiger charge is -2.36. The third-order valence-corrected chi connectivity index (χ3v) is 5.89. The van der Waals surface area contributed by atoms with Crippen LogP contribution in [0.4, 0.5) is 0 Å². The van der Waals surface area contributed by atoms with Crippen LogP contribution < -0.4 is 0 Å². The number of aromatic nitrogens is 1. The first-order chi connectivity index (χ1) is 11.3. The molecule has 0 radical (unpaired) electrons. The molecule has 0 spiro atoms. The van der Waals surface area contributed by atoms with E-state index >= 15 is 0 Å². The number of aromatic amines is 1. The average molecular weight is 306 g/mol. The largest absolute Gasteiger partial charge is 0.361 e. The van der Waals surface area contributed by atoms with Crippen LogP contribution >= 0.6 is 0 Å². The zero-order valence-corrected chi connectivity index (χ0v) is 13.3. The SMILES string of the molecule is O=C(Cc1c[nH]c2ccccc12)N1C2CCC1CC(=C1CC1)C2. The van der Waals surface area contributed by atoms with Gasteiger partial charge in [0.25, 0.3) is 0 Å². The summed E-state index contributed by atoms with van der Waals surface area (Å²) in [6, 6.07) is 9.19. The number of carbonyl (C=O) groups excluding carboxylic acids is 1. The summed E-state index contributed by atoms with van der Waals surface area (Å²) in [5, 5.41) is 1.19. The van der Waals surface area contributed by atoms with Gasteiger partial charge in [-0.15, -0.1) is 0 Å². The van der Waals surface area contributed by atoms with Gasteiger partial charge in [0.2, 0.25) is 5.91 Å². The highest BCUT2D eigenvalue weighted by molar-refractivity contribution is 5.89. The first-order valence-corrected chi connectivity index (χ1v) is 8.85. The van der Waals surface area contributed by atoms with E-state index in [-0.39, 0.29) is 0 Å². The molecule has 1 aromatic carbocycles. The van der Waals surface area contributed by atoms with Gasteiger partial charge in [0.1, 0.15) is 0 Å². The van der Waals surface area contributed by atoms with Crippen molar-refractivity contribution < 1.29 is 4.79 Å². The molecule has 23 heavy (non-hydrogen) atoms. The van der Waals surface area contributed by atoms with Crippen LogP contribution in [0.15, 0.2) is 41.6 Å². The van der Waals surface area contributed by atoms with Crippen molar-refractivity contribution in [1.29, 1.82) is 0 Å². The molecule has 1 aromatic heterocycles. The first kappa shape index (κ1) is 13.4. The van der Waals surface area contributed by atoms with Crippen molar-refractivity contribution in [3.05, 3.63) is 47.2 Å². The summed E-state index contributed by atoms with van der Waals surface area (Å²) in [7, 11) is 0. The number of piperidine rings is 1. The molecule has 3 heterocycles. The second-order valence-electron chi connectivity index (χ2n) is 7.34. The van der Waals surface area contributed by atoms with Crippen molar-refractivity contribution in [2.24, 2.45) is 0 Å². The lowest BCUT2D eigenvalue weighted by atomic mass is 9.95. The number of nitrogens with zero attached hydrogens (tertiary/aromatic N) is 1. The molecular weight excluding hydrogens is 284 g/mol. The topological polar surface area (TPSA) is 36.1 Å². The molecular formula is C20H22N2O. The fourth-order valence-electron chi connectivity index (χ4n) is 4.66. The molecule has 2 aromatic rings. The third-order valence-electron chi connectivity index (χ3n) is 5.89. The zero-order valence-electron chi connectivity index (χ0n) is 13.3. The van der Waals surface area contributed by atoms with E-state index in [1.54, 1.807) is 11.1 Å². The van der Waals surface area contributed by atoms with Gasteiger partial charge in [-0.3, -0.25) is 4.79 Å². The van der Waals surface area contributed by atoms with Crippen LogP contribution in [0, 0.1) is 0 Å². The summed E-state index contributed by atoms with van der Waals surface area (Å²) in [6.07, 6.45) is 9.85. The van der Waals surface area contributed by atoms with Crippen molar-refractivity contribution >= 4 is 16.8 Å². The number of carbonyl (C=O) groups is 1. The molecule has 3 aliphatic rings. The van der Waals surface area contributed by atoms with Crippen molar-refractivity contribution in [3.63, 3.8) is 0 Å². The maximum Gasteiger partial charge on any atom is 0.227 e. The normalized spacial score (nSPS) is 26.2. The minimum atomic E-state index is 0.321. The van der Waals surface area contributed by atoms with E-state index in [1.165, 1.54) is 31.1 Å². The van der Waals surface area contributed by atoms with Crippen LogP contribution in [0.3, 0.4) is 0 Å². The molecule has 2 unspecified atom stereocenters. The molecule has 2 atom stereocenters. The van der Waals surface area contributed by atoms with Crippen LogP contribution in [0.5, 0.6) is 0 Å². The molecule has 2 saturated heterocycles. The molecule has 1 N–H and O–H groups in total. The van der Waals surface area contributed by atoms with Gasteiger partial charge < -0.3 is 9.88 Å². The number of H-pyrrole nitrogens is 1. The second kappa shape index (κ2) is 4.98. The van der Waals surface area contributed by atoms with E-state index in [0.717, 1.165) is 23.9 Å². The lowest BCUT2D eigenvalue weighted by molar-refractivity contribution is -0.134. The number of benzene rings is 1. The molecule has 2 aliphatic heterocycles. The van der Waals surface area contributed by atoms with E-state index in [2.05, 4.69) is 22.0 Å². The summed E-state index contributed by atoms with van der Waals surface area (Å²) < 4.78 is 0. The van der Waals surface area contributed by atoms with E-state index in [4.69, 9.17) is 0 Å². The van der Waals surface area contributed by atoms with Crippen LogP contribution in [0.2, 0.25) is 0 Å². The van der Waals surface area contributed by atoms with E-state index in [1.807, 2.05) is 18.3 Å². The number of amides is 1. The van der Waals surface area contributed by atoms with E-state index < -0.39 is 0 Å². The minimum absolute atomic E-state index is 0.321. The molecule has 1 aliphatic carbocycles. The summed E-state index contributed by atoms with van der Waals surface area (Å²) in [5.74, 6) is 0.321. The molecule has 118 valence electrons. The van der Waals surface area contributed by atoms with Gasteiger partial charge in [-0.05, 0) is 50.2 Å². The second-order valence-corrected chi connectivity index (χ2v) is 7.34. The van der Waals surface area contributed by atoms with Crippen molar-refractivity contribution in [2.75, 3.05) is 0 Å². The molecule has 3 nitrogen and oxygen atoms in total. The summed E-state index contributed by atoms with van der Waals surface area (Å²) in [5.41, 5.74) is 5.65. The maximum atomic E-state index is 13.0. The van der Waals surface area contributed by atoms with Crippen LogP contribution in [-0.2, 0) is 11.2 Å². The Balaban J connectivity index is 1.38. The zero-order chi connectivity index (χ0) is 15.4. The Morgan fingerprint density at radius 1 is 1.09 bits per heavy atom. The lowest BCUT2D eigenvalue weighted by Crippen LogP contribution is -2.45. The number of hydrogen-bond acceptors (Lipinski definition) is 1. The average Bonchev–Trinajstić information content (AvgIpc) is 3.29. The minimum Gasteiger partial charge on any atom is -0.361 e. The molecule has 5 rings (SSSR count). The van der Waals surface area contributed by atoms with Gasteiger partial charge >= 0.3 is 0 Å². The van der Waals surface area contributed by atoms with Gasteiger partial charge in [0.15, 0.2) is 0 Å². The highest BCUT2D eigenvalue weighted by atomic mass is 16.2. The number of rotatable bonds is 2. The molecule has 1 amide bonds. The first-order valence-electron chi connectivity index (χ1n) is 8.85. The summed E-state index contributed by atoms with van der Waals surface area (Å²) in [6.45, 7) is 0. The Hall–Kier alpha value is -2.03. The Kier molecular flexibility index (Phi) is 2.91.